The number of rotatable bonds is 2. The first kappa shape index (κ1) is 15.3. The van der Waals surface area contributed by atoms with Crippen molar-refractivity contribution in [1.82, 2.24) is 10.3 Å². The Kier molecular flexibility index (Phi) is 3.94. The van der Waals surface area contributed by atoms with Crippen molar-refractivity contribution in [2.24, 2.45) is 0 Å². The summed E-state index contributed by atoms with van der Waals surface area (Å²) in [5.41, 5.74) is 2.35. The predicted octanol–water partition coefficient (Wildman–Crippen LogP) is 2.73. The molecule has 4 nitrogen and oxygen atoms in total. The van der Waals surface area contributed by atoms with E-state index in [2.05, 4.69) is 4.98 Å². The van der Waals surface area contributed by atoms with Crippen LogP contribution >= 0.6 is 0 Å². The Morgan fingerprint density at radius 3 is 2.78 bits per heavy atom. The maximum Gasteiger partial charge on any atom is 0.471 e. The number of amides is 1. The topological polar surface area (TPSA) is 51.2 Å². The highest BCUT2D eigenvalue weighted by atomic mass is 19.4. The van der Waals surface area contributed by atoms with Gasteiger partial charge in [-0.2, -0.15) is 13.2 Å². The van der Waals surface area contributed by atoms with E-state index in [0.29, 0.717) is 5.75 Å². The van der Waals surface area contributed by atoms with Crippen molar-refractivity contribution in [3.63, 3.8) is 0 Å². The zero-order chi connectivity index (χ0) is 16.4. The van der Waals surface area contributed by atoms with Crippen LogP contribution in [-0.2, 0) is 11.2 Å². The molecule has 0 unspecified atom stereocenters. The van der Waals surface area contributed by atoms with Crippen LogP contribution in [0.5, 0.6) is 5.75 Å². The summed E-state index contributed by atoms with van der Waals surface area (Å²) in [4.78, 5) is 15.3. The highest BCUT2D eigenvalue weighted by molar-refractivity contribution is 5.82. The van der Waals surface area contributed by atoms with Gasteiger partial charge in [-0.1, -0.05) is 6.07 Å². The molecule has 0 saturated carbocycles. The number of carbonyl (C=O) groups excluding carboxylic acids is 1. The monoisotopic (exact) mass is 322 g/mol. The number of aromatic nitrogens is 1. The lowest BCUT2D eigenvalue weighted by Gasteiger charge is -2.26. The fourth-order valence-corrected chi connectivity index (χ4v) is 2.45. The lowest BCUT2D eigenvalue weighted by atomic mass is 9.99. The smallest absolute Gasteiger partial charge is 0.471 e. The molecule has 120 valence electrons. The number of halogens is 3. The summed E-state index contributed by atoms with van der Waals surface area (Å²) in [6.07, 6.45) is -2.95. The summed E-state index contributed by atoms with van der Waals surface area (Å²) in [5.74, 6) is -1.34. The summed E-state index contributed by atoms with van der Waals surface area (Å²) >= 11 is 0. The van der Waals surface area contributed by atoms with E-state index >= 15 is 0 Å². The summed E-state index contributed by atoms with van der Waals surface area (Å²) in [5, 5.41) is 1.95. The van der Waals surface area contributed by atoms with Crippen molar-refractivity contribution in [3.05, 3.63) is 48.2 Å². The largest absolute Gasteiger partial charge is 0.491 e. The van der Waals surface area contributed by atoms with Gasteiger partial charge in [-0.25, -0.2) is 0 Å². The number of alkyl halides is 3. The normalized spacial score (nSPS) is 17.1. The van der Waals surface area contributed by atoms with Crippen LogP contribution in [-0.4, -0.2) is 29.7 Å². The molecular formula is C16H13F3N2O2. The fourth-order valence-electron chi connectivity index (χ4n) is 2.45. The highest BCUT2D eigenvalue weighted by Gasteiger charge is 2.40. The Hall–Kier alpha value is -2.57. The van der Waals surface area contributed by atoms with E-state index in [9.17, 15) is 18.0 Å². The molecule has 0 radical (unpaired) electrons. The van der Waals surface area contributed by atoms with Gasteiger partial charge in [0.25, 0.3) is 0 Å². The van der Waals surface area contributed by atoms with Crippen LogP contribution in [0.15, 0.2) is 42.6 Å². The molecule has 1 atom stereocenters. The summed E-state index contributed by atoms with van der Waals surface area (Å²) in [6, 6.07) is 10.2. The molecule has 2 heterocycles. The Morgan fingerprint density at radius 1 is 1.26 bits per heavy atom. The van der Waals surface area contributed by atoms with E-state index in [1.807, 2.05) is 29.6 Å². The van der Waals surface area contributed by atoms with Crippen molar-refractivity contribution in [2.75, 3.05) is 6.61 Å². The fraction of sp³-hybridized carbons (Fsp3) is 0.250. The molecular weight excluding hydrogens is 309 g/mol. The van der Waals surface area contributed by atoms with Gasteiger partial charge in [-0.05, 0) is 42.3 Å². The third-order valence-corrected chi connectivity index (χ3v) is 3.52. The lowest BCUT2D eigenvalue weighted by molar-refractivity contribution is -0.174. The summed E-state index contributed by atoms with van der Waals surface area (Å²) < 4.78 is 42.4. The number of hydrogen-bond donors (Lipinski definition) is 1. The molecule has 1 aliphatic heterocycles. The quantitative estimate of drug-likeness (QED) is 0.925. The second kappa shape index (κ2) is 5.91. The van der Waals surface area contributed by atoms with Gasteiger partial charge in [-0.15, -0.1) is 0 Å². The van der Waals surface area contributed by atoms with E-state index in [1.54, 1.807) is 18.3 Å². The number of benzene rings is 1. The molecule has 0 fully saturated rings. The highest BCUT2D eigenvalue weighted by Crippen LogP contribution is 2.29. The van der Waals surface area contributed by atoms with E-state index < -0.39 is 18.1 Å². The van der Waals surface area contributed by atoms with Crippen molar-refractivity contribution < 1.29 is 22.7 Å². The average Bonchev–Trinajstić information content (AvgIpc) is 2.54. The van der Waals surface area contributed by atoms with Gasteiger partial charge in [0.05, 0.1) is 11.7 Å². The second-order valence-electron chi connectivity index (χ2n) is 5.22. The zero-order valence-electron chi connectivity index (χ0n) is 11.9. The summed E-state index contributed by atoms with van der Waals surface area (Å²) in [6.45, 7) is 0.0117. The van der Waals surface area contributed by atoms with Gasteiger partial charge in [0.2, 0.25) is 0 Å². The van der Waals surface area contributed by atoms with Crippen LogP contribution in [0.3, 0.4) is 0 Å². The predicted molar refractivity (Wildman–Crippen MR) is 76.9 cm³/mol. The molecule has 1 aromatic heterocycles. The van der Waals surface area contributed by atoms with E-state index in [4.69, 9.17) is 4.74 Å². The standard InChI is InChI=1S/C16H13F3N2O2/c17-16(18,19)15(22)21-12-8-11-7-10(4-5-14(11)23-9-12)13-3-1-2-6-20-13/h1-7,12H,8-9H2,(H,21,22)/t12-/m1/s1. The van der Waals surface area contributed by atoms with Crippen molar-refractivity contribution in [1.29, 1.82) is 0 Å². The Bertz CT molecular complexity index is 717. The minimum absolute atomic E-state index is 0.0117. The number of ether oxygens (including phenoxy) is 1. The van der Waals surface area contributed by atoms with Crippen molar-refractivity contribution in [2.45, 2.75) is 18.6 Å². The molecule has 1 amide bonds. The van der Waals surface area contributed by atoms with Crippen LogP contribution in [0.25, 0.3) is 11.3 Å². The minimum atomic E-state index is -4.89. The number of hydrogen-bond acceptors (Lipinski definition) is 3. The van der Waals surface area contributed by atoms with Gasteiger partial charge < -0.3 is 10.1 Å². The molecule has 23 heavy (non-hydrogen) atoms. The molecule has 7 heteroatoms. The van der Waals surface area contributed by atoms with Gasteiger partial charge in [0.15, 0.2) is 0 Å². The number of carbonyl (C=O) groups is 1. The van der Waals surface area contributed by atoms with Crippen LogP contribution < -0.4 is 10.1 Å². The molecule has 3 rings (SSSR count). The first-order valence-corrected chi connectivity index (χ1v) is 6.98. The van der Waals surface area contributed by atoms with E-state index in [1.165, 1.54) is 0 Å². The number of nitrogens with zero attached hydrogens (tertiary/aromatic N) is 1. The molecule has 1 aromatic carbocycles. The second-order valence-corrected chi connectivity index (χ2v) is 5.22. The molecule has 1 N–H and O–H groups in total. The first-order valence-electron chi connectivity index (χ1n) is 6.98. The van der Waals surface area contributed by atoms with Crippen molar-refractivity contribution >= 4 is 5.91 Å². The van der Waals surface area contributed by atoms with E-state index in [0.717, 1.165) is 16.8 Å². The average molecular weight is 322 g/mol. The molecule has 0 spiro atoms. The van der Waals surface area contributed by atoms with Crippen LogP contribution in [0.1, 0.15) is 5.56 Å². The number of pyridine rings is 1. The first-order chi connectivity index (χ1) is 10.9. The Labute approximate surface area is 130 Å². The van der Waals surface area contributed by atoms with Crippen LogP contribution in [0, 0.1) is 0 Å². The van der Waals surface area contributed by atoms with E-state index in [-0.39, 0.29) is 13.0 Å². The maximum absolute atomic E-state index is 12.3. The SMILES string of the molecule is O=C(N[C@H]1COc2ccc(-c3ccccn3)cc2C1)C(F)(F)F. The van der Waals surface area contributed by atoms with Crippen LogP contribution in [0.2, 0.25) is 0 Å². The molecule has 0 aliphatic carbocycles. The van der Waals surface area contributed by atoms with Crippen molar-refractivity contribution in [3.8, 4) is 17.0 Å². The number of fused-ring (bicyclic) bond motifs is 1. The third kappa shape index (κ3) is 3.44. The van der Waals surface area contributed by atoms with Gasteiger partial charge >= 0.3 is 12.1 Å². The van der Waals surface area contributed by atoms with Gasteiger partial charge in [0, 0.05) is 11.8 Å². The molecule has 2 aromatic rings. The molecule has 1 aliphatic rings. The molecule has 0 saturated heterocycles. The van der Waals surface area contributed by atoms with Crippen LogP contribution in [0.4, 0.5) is 13.2 Å². The van der Waals surface area contributed by atoms with Gasteiger partial charge in [-0.3, -0.25) is 9.78 Å². The minimum Gasteiger partial charge on any atom is -0.491 e. The zero-order valence-corrected chi connectivity index (χ0v) is 11.9. The third-order valence-electron chi connectivity index (χ3n) is 3.52. The maximum atomic E-state index is 12.3. The Balaban J connectivity index is 1.78. The Morgan fingerprint density at radius 2 is 2.09 bits per heavy atom. The molecule has 0 bridgehead atoms. The lowest BCUT2D eigenvalue weighted by Crippen LogP contribution is -2.47. The van der Waals surface area contributed by atoms with Gasteiger partial charge in [0.1, 0.15) is 12.4 Å². The number of nitrogens with one attached hydrogen (secondary N) is 1. The summed E-state index contributed by atoms with van der Waals surface area (Å²) in [7, 11) is 0.